The molecular formula is C29H28ClN3O2. The smallest absolute Gasteiger partial charge is 0.220 e. The van der Waals surface area contributed by atoms with Gasteiger partial charge >= 0.3 is 0 Å². The number of halogens is 1. The molecule has 1 atom stereocenters. The summed E-state index contributed by atoms with van der Waals surface area (Å²) in [4.78, 5) is 11.4. The van der Waals surface area contributed by atoms with Gasteiger partial charge in [-0.1, -0.05) is 60.1 Å². The van der Waals surface area contributed by atoms with Crippen LogP contribution in [0.4, 0.5) is 0 Å². The molecule has 5 rings (SSSR count). The van der Waals surface area contributed by atoms with E-state index < -0.39 is 0 Å². The molecule has 0 aromatic heterocycles. The minimum Gasteiger partial charge on any atom is -0.478 e. The fraction of sp³-hybridized carbons (Fsp3) is 0.310. The van der Waals surface area contributed by atoms with Crippen LogP contribution in [0.15, 0.2) is 54.6 Å². The van der Waals surface area contributed by atoms with Crippen LogP contribution in [0, 0.1) is 11.3 Å². The van der Waals surface area contributed by atoms with Gasteiger partial charge in [-0.2, -0.15) is 5.26 Å². The zero-order valence-corrected chi connectivity index (χ0v) is 20.3. The minimum absolute atomic E-state index is 0.0287. The van der Waals surface area contributed by atoms with Gasteiger partial charge in [-0.05, 0) is 54.0 Å². The van der Waals surface area contributed by atoms with E-state index in [1.54, 1.807) is 0 Å². The molecule has 1 heterocycles. The highest BCUT2D eigenvalue weighted by atomic mass is 35.5. The maximum atomic E-state index is 11.4. The lowest BCUT2D eigenvalue weighted by Crippen LogP contribution is -2.35. The fourth-order valence-corrected chi connectivity index (χ4v) is 5.50. The van der Waals surface area contributed by atoms with E-state index in [-0.39, 0.29) is 18.6 Å². The predicted molar refractivity (Wildman–Crippen MR) is 138 cm³/mol. The molecule has 1 amide bonds. The maximum Gasteiger partial charge on any atom is 0.220 e. The number of rotatable bonds is 8. The number of carbonyl (C=O) groups is 1. The average molecular weight is 486 g/mol. The van der Waals surface area contributed by atoms with Crippen molar-refractivity contribution in [1.82, 2.24) is 10.6 Å². The van der Waals surface area contributed by atoms with Crippen LogP contribution in [0.2, 0.25) is 5.02 Å². The summed E-state index contributed by atoms with van der Waals surface area (Å²) in [6.45, 7) is 1.25. The molecule has 178 valence electrons. The van der Waals surface area contributed by atoms with Gasteiger partial charge < -0.3 is 15.4 Å². The van der Waals surface area contributed by atoms with Crippen LogP contribution in [-0.4, -0.2) is 25.1 Å². The van der Waals surface area contributed by atoms with Crippen molar-refractivity contribution < 1.29 is 9.53 Å². The standard InChI is InChI=1S/C29H28ClN3O2/c30-29-24(7-3-9-26(29)25-8-2-5-19-4-1-6-23(19)25)20-10-11-21(27(16-20)35-15-14-31)17-32-18-22-12-13-28(34)33-22/h2-3,5,7-11,16,22,32H,1,4,6,12-13,15,17-18H2,(H,33,34). The second-order valence-electron chi connectivity index (χ2n) is 9.17. The SMILES string of the molecule is N#CCOc1cc(-c2cccc(-c3cccc4c3CCC4)c2Cl)ccc1CNCC1CCC(=O)N1. The molecular weight excluding hydrogens is 458 g/mol. The Morgan fingerprint density at radius 2 is 1.89 bits per heavy atom. The minimum atomic E-state index is -0.0287. The van der Waals surface area contributed by atoms with Gasteiger partial charge in [-0.15, -0.1) is 0 Å². The molecule has 2 aliphatic rings. The number of amides is 1. The van der Waals surface area contributed by atoms with Gasteiger partial charge in [0.15, 0.2) is 6.61 Å². The number of benzene rings is 3. The quantitative estimate of drug-likeness (QED) is 0.446. The second-order valence-corrected chi connectivity index (χ2v) is 9.55. The van der Waals surface area contributed by atoms with Gasteiger partial charge in [0.25, 0.3) is 0 Å². The molecule has 1 saturated heterocycles. The van der Waals surface area contributed by atoms with Crippen molar-refractivity contribution in [2.75, 3.05) is 13.2 Å². The van der Waals surface area contributed by atoms with Crippen LogP contribution in [0.25, 0.3) is 22.3 Å². The summed E-state index contributed by atoms with van der Waals surface area (Å²) in [6, 6.07) is 20.9. The van der Waals surface area contributed by atoms with E-state index in [0.717, 1.165) is 46.5 Å². The highest BCUT2D eigenvalue weighted by Gasteiger charge is 2.21. The number of hydrogen-bond donors (Lipinski definition) is 2. The number of aryl methyl sites for hydroxylation is 1. The number of hydrogen-bond acceptors (Lipinski definition) is 4. The van der Waals surface area contributed by atoms with Crippen molar-refractivity contribution in [3.63, 3.8) is 0 Å². The molecule has 1 fully saturated rings. The third kappa shape index (κ3) is 5.05. The molecule has 0 saturated carbocycles. The first kappa shape index (κ1) is 23.4. The lowest BCUT2D eigenvalue weighted by atomic mass is 9.93. The molecule has 5 nitrogen and oxygen atoms in total. The molecule has 3 aromatic carbocycles. The Balaban J connectivity index is 1.41. The summed E-state index contributed by atoms with van der Waals surface area (Å²) in [5.74, 6) is 0.771. The van der Waals surface area contributed by atoms with Crippen LogP contribution < -0.4 is 15.4 Å². The number of ether oxygens (including phenoxy) is 1. The largest absolute Gasteiger partial charge is 0.478 e. The highest BCUT2D eigenvalue weighted by molar-refractivity contribution is 6.36. The first-order chi connectivity index (χ1) is 17.1. The molecule has 0 radical (unpaired) electrons. The molecule has 1 aliphatic carbocycles. The van der Waals surface area contributed by atoms with E-state index in [1.165, 1.54) is 23.1 Å². The van der Waals surface area contributed by atoms with Crippen molar-refractivity contribution in [2.45, 2.75) is 44.7 Å². The summed E-state index contributed by atoms with van der Waals surface area (Å²) in [6.07, 6.45) is 4.84. The zero-order valence-electron chi connectivity index (χ0n) is 19.6. The third-order valence-corrected chi connectivity index (χ3v) is 7.30. The lowest BCUT2D eigenvalue weighted by Gasteiger charge is -2.16. The molecule has 1 aliphatic heterocycles. The first-order valence-corrected chi connectivity index (χ1v) is 12.5. The van der Waals surface area contributed by atoms with E-state index in [1.807, 2.05) is 30.3 Å². The Kier molecular flexibility index (Phi) is 7.03. The van der Waals surface area contributed by atoms with Crippen LogP contribution in [0.3, 0.4) is 0 Å². The summed E-state index contributed by atoms with van der Waals surface area (Å²) < 4.78 is 5.79. The Bertz CT molecular complexity index is 1300. The Labute approximate surface area is 211 Å². The number of carbonyl (C=O) groups excluding carboxylic acids is 1. The maximum absolute atomic E-state index is 11.4. The number of fused-ring (bicyclic) bond motifs is 1. The number of nitriles is 1. The van der Waals surface area contributed by atoms with Crippen LogP contribution >= 0.6 is 11.6 Å². The first-order valence-electron chi connectivity index (χ1n) is 12.2. The Morgan fingerprint density at radius 3 is 2.71 bits per heavy atom. The van der Waals surface area contributed by atoms with Crippen molar-refractivity contribution >= 4 is 17.5 Å². The van der Waals surface area contributed by atoms with Gasteiger partial charge in [0, 0.05) is 42.2 Å². The average Bonchev–Trinajstić information content (AvgIpc) is 3.52. The molecule has 0 bridgehead atoms. The van der Waals surface area contributed by atoms with E-state index in [4.69, 9.17) is 21.6 Å². The van der Waals surface area contributed by atoms with Crippen molar-refractivity contribution in [2.24, 2.45) is 0 Å². The fourth-order valence-electron chi connectivity index (χ4n) is 5.16. The number of nitrogens with one attached hydrogen (secondary N) is 2. The third-order valence-electron chi connectivity index (χ3n) is 6.90. The monoisotopic (exact) mass is 485 g/mol. The Hall–Kier alpha value is -3.33. The molecule has 3 aromatic rings. The summed E-state index contributed by atoms with van der Waals surface area (Å²) >= 11 is 7.00. The van der Waals surface area contributed by atoms with E-state index in [2.05, 4.69) is 41.0 Å². The van der Waals surface area contributed by atoms with Gasteiger partial charge in [-0.3, -0.25) is 4.79 Å². The zero-order chi connectivity index (χ0) is 24.2. The lowest BCUT2D eigenvalue weighted by molar-refractivity contribution is -0.119. The molecule has 0 spiro atoms. The molecule has 35 heavy (non-hydrogen) atoms. The molecule has 2 N–H and O–H groups in total. The van der Waals surface area contributed by atoms with Crippen molar-refractivity contribution in [1.29, 1.82) is 5.26 Å². The van der Waals surface area contributed by atoms with Crippen molar-refractivity contribution in [3.05, 3.63) is 76.3 Å². The van der Waals surface area contributed by atoms with E-state index in [0.29, 0.717) is 25.3 Å². The summed E-state index contributed by atoms with van der Waals surface area (Å²) in [7, 11) is 0. The van der Waals surface area contributed by atoms with Gasteiger partial charge in [0.2, 0.25) is 5.91 Å². The molecule has 1 unspecified atom stereocenters. The summed E-state index contributed by atoms with van der Waals surface area (Å²) in [5.41, 5.74) is 7.94. The van der Waals surface area contributed by atoms with Gasteiger partial charge in [-0.25, -0.2) is 0 Å². The van der Waals surface area contributed by atoms with E-state index >= 15 is 0 Å². The molecule has 6 heteroatoms. The van der Waals surface area contributed by atoms with Gasteiger partial charge in [0.05, 0.1) is 5.02 Å². The van der Waals surface area contributed by atoms with Crippen LogP contribution in [0.1, 0.15) is 36.0 Å². The van der Waals surface area contributed by atoms with Gasteiger partial charge in [0.1, 0.15) is 11.8 Å². The Morgan fingerprint density at radius 1 is 1.06 bits per heavy atom. The normalized spacial score (nSPS) is 16.6. The van der Waals surface area contributed by atoms with E-state index in [9.17, 15) is 4.79 Å². The highest BCUT2D eigenvalue weighted by Crippen LogP contribution is 2.41. The number of nitrogens with zero attached hydrogens (tertiary/aromatic N) is 1. The predicted octanol–water partition coefficient (Wildman–Crippen LogP) is 5.43. The van der Waals surface area contributed by atoms with Crippen molar-refractivity contribution in [3.8, 4) is 34.1 Å². The van der Waals surface area contributed by atoms with Crippen LogP contribution in [-0.2, 0) is 24.2 Å². The summed E-state index contributed by atoms with van der Waals surface area (Å²) in [5, 5.41) is 16.2. The second kappa shape index (κ2) is 10.5. The van der Waals surface area contributed by atoms with Crippen LogP contribution in [0.5, 0.6) is 5.75 Å². The topological polar surface area (TPSA) is 74.1 Å².